The van der Waals surface area contributed by atoms with Gasteiger partial charge in [-0.3, -0.25) is 0 Å². The first-order valence-corrected chi connectivity index (χ1v) is 9.32. The zero-order valence-corrected chi connectivity index (χ0v) is 13.1. The molecule has 0 bridgehead atoms. The minimum atomic E-state index is -1.91. The predicted molar refractivity (Wildman–Crippen MR) is 75.6 cm³/mol. The van der Waals surface area contributed by atoms with Gasteiger partial charge in [-0.25, -0.2) is 0 Å². The first kappa shape index (κ1) is 15.2. The Morgan fingerprint density at radius 3 is 1.59 bits per heavy atom. The molecule has 1 heterocycles. The van der Waals surface area contributed by atoms with Gasteiger partial charge in [-0.1, -0.05) is 39.5 Å². The van der Waals surface area contributed by atoms with E-state index in [2.05, 4.69) is 13.8 Å². The normalized spacial score (nSPS) is 27.5. The maximum atomic E-state index is 5.98. The molecular weight excluding hydrogens is 228 g/mol. The number of hydrogen-bond donors (Lipinski definition) is 0. The zero-order chi connectivity index (χ0) is 12.7. The SMILES string of the molecule is CCCCC1CCC(CCCC)[Si]1(OC)OC. The number of rotatable bonds is 8. The van der Waals surface area contributed by atoms with Crippen LogP contribution < -0.4 is 0 Å². The van der Waals surface area contributed by atoms with Crippen molar-refractivity contribution in [2.24, 2.45) is 0 Å². The zero-order valence-electron chi connectivity index (χ0n) is 12.1. The summed E-state index contributed by atoms with van der Waals surface area (Å²) in [6.45, 7) is 4.54. The Bertz CT molecular complexity index is 186. The standard InChI is InChI=1S/C14H30O2Si/c1-5-7-9-13-11-12-14(10-8-6-2)17(13,15-3)16-4/h13-14H,5-12H2,1-4H3. The third-order valence-corrected chi connectivity index (χ3v) is 9.16. The average molecular weight is 258 g/mol. The highest BCUT2D eigenvalue weighted by Gasteiger charge is 2.54. The Balaban J connectivity index is 2.66. The molecule has 1 aliphatic rings. The van der Waals surface area contributed by atoms with Crippen molar-refractivity contribution >= 4 is 8.56 Å². The van der Waals surface area contributed by atoms with Crippen molar-refractivity contribution in [3.63, 3.8) is 0 Å². The van der Waals surface area contributed by atoms with E-state index in [9.17, 15) is 0 Å². The van der Waals surface area contributed by atoms with E-state index in [1.807, 2.05) is 14.2 Å². The highest BCUT2D eigenvalue weighted by atomic mass is 28.4. The van der Waals surface area contributed by atoms with Crippen LogP contribution in [0, 0.1) is 0 Å². The fourth-order valence-corrected chi connectivity index (χ4v) is 8.00. The Kier molecular flexibility index (Phi) is 6.74. The second-order valence-electron chi connectivity index (χ2n) is 5.39. The maximum Gasteiger partial charge on any atom is 0.344 e. The highest BCUT2D eigenvalue weighted by Crippen LogP contribution is 2.51. The van der Waals surface area contributed by atoms with E-state index in [1.165, 1.54) is 51.4 Å². The lowest BCUT2D eigenvalue weighted by Crippen LogP contribution is -2.45. The van der Waals surface area contributed by atoms with Gasteiger partial charge in [0.15, 0.2) is 0 Å². The van der Waals surface area contributed by atoms with Gasteiger partial charge in [0.25, 0.3) is 0 Å². The molecule has 2 unspecified atom stereocenters. The van der Waals surface area contributed by atoms with Crippen LogP contribution in [0.3, 0.4) is 0 Å². The molecule has 0 aliphatic carbocycles. The molecule has 3 heteroatoms. The second-order valence-corrected chi connectivity index (χ2v) is 9.28. The van der Waals surface area contributed by atoms with Crippen LogP contribution in [0.15, 0.2) is 0 Å². The lowest BCUT2D eigenvalue weighted by Gasteiger charge is -2.34. The molecule has 0 N–H and O–H groups in total. The fourth-order valence-electron chi connectivity index (χ4n) is 3.48. The van der Waals surface area contributed by atoms with Crippen molar-refractivity contribution in [3.8, 4) is 0 Å². The van der Waals surface area contributed by atoms with Crippen LogP contribution >= 0.6 is 0 Å². The predicted octanol–water partition coefficient (Wildman–Crippen LogP) is 4.64. The Labute approximate surface area is 108 Å². The fraction of sp³-hybridized carbons (Fsp3) is 1.00. The van der Waals surface area contributed by atoms with Gasteiger partial charge in [0.2, 0.25) is 0 Å². The van der Waals surface area contributed by atoms with E-state index in [1.54, 1.807) is 0 Å². The van der Waals surface area contributed by atoms with Crippen LogP contribution in [0.4, 0.5) is 0 Å². The summed E-state index contributed by atoms with van der Waals surface area (Å²) in [5, 5.41) is 0. The van der Waals surface area contributed by atoms with E-state index in [-0.39, 0.29) is 0 Å². The molecular formula is C14H30O2Si. The van der Waals surface area contributed by atoms with Gasteiger partial charge in [-0.05, 0) is 25.7 Å². The molecule has 0 aromatic rings. The Morgan fingerprint density at radius 1 is 0.882 bits per heavy atom. The molecule has 0 amide bonds. The van der Waals surface area contributed by atoms with Crippen molar-refractivity contribution in [3.05, 3.63) is 0 Å². The Hall–Kier alpha value is 0.137. The molecule has 17 heavy (non-hydrogen) atoms. The summed E-state index contributed by atoms with van der Waals surface area (Å²) in [4.78, 5) is 0. The second kappa shape index (κ2) is 7.55. The topological polar surface area (TPSA) is 18.5 Å². The van der Waals surface area contributed by atoms with E-state index in [4.69, 9.17) is 8.85 Å². The minimum Gasteiger partial charge on any atom is -0.397 e. The van der Waals surface area contributed by atoms with Crippen molar-refractivity contribution in [1.82, 2.24) is 0 Å². The first-order chi connectivity index (χ1) is 8.25. The summed E-state index contributed by atoms with van der Waals surface area (Å²) in [6.07, 6.45) is 10.5. The number of unbranched alkanes of at least 4 members (excludes halogenated alkanes) is 2. The molecule has 0 aromatic heterocycles. The Morgan fingerprint density at radius 2 is 1.29 bits per heavy atom. The lowest BCUT2D eigenvalue weighted by atomic mass is 10.1. The molecule has 0 aromatic carbocycles. The van der Waals surface area contributed by atoms with Crippen LogP contribution in [0.1, 0.15) is 65.2 Å². The van der Waals surface area contributed by atoms with Crippen LogP contribution in [0.5, 0.6) is 0 Å². The molecule has 0 saturated carbocycles. The van der Waals surface area contributed by atoms with Gasteiger partial charge in [0.05, 0.1) is 0 Å². The van der Waals surface area contributed by atoms with Crippen LogP contribution in [0.25, 0.3) is 0 Å². The summed E-state index contributed by atoms with van der Waals surface area (Å²) in [5.74, 6) is 0. The molecule has 2 atom stereocenters. The molecule has 0 radical (unpaired) electrons. The summed E-state index contributed by atoms with van der Waals surface area (Å²) in [7, 11) is 1.86. The lowest BCUT2D eigenvalue weighted by molar-refractivity contribution is 0.222. The van der Waals surface area contributed by atoms with Gasteiger partial charge in [-0.2, -0.15) is 0 Å². The van der Waals surface area contributed by atoms with Gasteiger partial charge in [0, 0.05) is 25.3 Å². The third kappa shape index (κ3) is 3.33. The van der Waals surface area contributed by atoms with Crippen molar-refractivity contribution in [2.75, 3.05) is 14.2 Å². The van der Waals surface area contributed by atoms with E-state index in [0.717, 1.165) is 11.1 Å². The summed E-state index contributed by atoms with van der Waals surface area (Å²) in [6, 6.07) is 0. The summed E-state index contributed by atoms with van der Waals surface area (Å²) >= 11 is 0. The highest BCUT2D eigenvalue weighted by molar-refractivity contribution is 6.71. The van der Waals surface area contributed by atoms with E-state index < -0.39 is 8.56 Å². The first-order valence-electron chi connectivity index (χ1n) is 7.35. The van der Waals surface area contributed by atoms with Gasteiger partial charge < -0.3 is 8.85 Å². The quantitative estimate of drug-likeness (QED) is 0.591. The molecule has 1 saturated heterocycles. The third-order valence-electron chi connectivity index (χ3n) is 4.45. The molecule has 1 fully saturated rings. The largest absolute Gasteiger partial charge is 0.397 e. The minimum absolute atomic E-state index is 0.735. The van der Waals surface area contributed by atoms with Gasteiger partial charge >= 0.3 is 8.56 Å². The van der Waals surface area contributed by atoms with E-state index in [0.29, 0.717) is 0 Å². The average Bonchev–Trinajstić information content (AvgIpc) is 2.71. The van der Waals surface area contributed by atoms with Gasteiger partial charge in [-0.15, -0.1) is 0 Å². The molecule has 1 aliphatic heterocycles. The van der Waals surface area contributed by atoms with Gasteiger partial charge in [0.1, 0.15) is 0 Å². The monoisotopic (exact) mass is 258 g/mol. The van der Waals surface area contributed by atoms with Crippen LogP contribution in [-0.4, -0.2) is 22.8 Å². The molecule has 102 valence electrons. The maximum absolute atomic E-state index is 5.98. The smallest absolute Gasteiger partial charge is 0.344 e. The number of hydrogen-bond acceptors (Lipinski definition) is 2. The van der Waals surface area contributed by atoms with Crippen LogP contribution in [-0.2, 0) is 8.85 Å². The molecule has 1 rings (SSSR count). The van der Waals surface area contributed by atoms with Crippen molar-refractivity contribution in [1.29, 1.82) is 0 Å². The van der Waals surface area contributed by atoms with Crippen molar-refractivity contribution in [2.45, 2.75) is 76.3 Å². The summed E-state index contributed by atoms with van der Waals surface area (Å²) in [5.41, 5.74) is 1.47. The van der Waals surface area contributed by atoms with E-state index >= 15 is 0 Å². The van der Waals surface area contributed by atoms with Crippen LogP contribution in [0.2, 0.25) is 11.1 Å². The molecule has 0 spiro atoms. The summed E-state index contributed by atoms with van der Waals surface area (Å²) < 4.78 is 12.0. The molecule has 2 nitrogen and oxygen atoms in total. The van der Waals surface area contributed by atoms with Crippen molar-refractivity contribution < 1.29 is 8.85 Å².